The number of anilines is 1. The second-order valence-corrected chi connectivity index (χ2v) is 8.41. The third-order valence-corrected chi connectivity index (χ3v) is 5.67. The minimum Gasteiger partial charge on any atom is -0.319 e. The van der Waals surface area contributed by atoms with E-state index in [0.29, 0.717) is 23.4 Å². The molecule has 0 unspecified atom stereocenters. The summed E-state index contributed by atoms with van der Waals surface area (Å²) in [6.45, 7) is 2.66. The number of nitrogens with one attached hydrogen (secondary N) is 1. The largest absolute Gasteiger partial charge is 0.319 e. The number of hydrogen-bond donors (Lipinski definition) is 1. The van der Waals surface area contributed by atoms with E-state index in [0.717, 1.165) is 21.3 Å². The van der Waals surface area contributed by atoms with Crippen LogP contribution in [0.2, 0.25) is 0 Å². The first kappa shape index (κ1) is 20.1. The zero-order valence-corrected chi connectivity index (χ0v) is 18.8. The number of halogens is 1. The van der Waals surface area contributed by atoms with Crippen LogP contribution in [0.15, 0.2) is 83.9 Å². The topological polar surface area (TPSA) is 77.1 Å². The average Bonchev–Trinajstić information content (AvgIpc) is 3.42. The van der Waals surface area contributed by atoms with Gasteiger partial charge in [-0.1, -0.05) is 57.9 Å². The molecule has 0 saturated heterocycles. The lowest BCUT2D eigenvalue weighted by Crippen LogP contribution is -2.11. The van der Waals surface area contributed by atoms with Crippen molar-refractivity contribution in [3.05, 3.63) is 101 Å². The van der Waals surface area contributed by atoms with E-state index in [1.54, 1.807) is 34.0 Å². The van der Waals surface area contributed by atoms with Crippen LogP contribution in [0.4, 0.5) is 5.69 Å². The molecule has 0 aliphatic heterocycles. The van der Waals surface area contributed by atoms with Gasteiger partial charge < -0.3 is 5.32 Å². The van der Waals surface area contributed by atoms with E-state index >= 15 is 0 Å². The minimum absolute atomic E-state index is 0.281. The number of amides is 1. The number of aromatic nitrogens is 5. The molecule has 5 rings (SSSR count). The Morgan fingerprint density at radius 2 is 1.78 bits per heavy atom. The molecule has 158 valence electrons. The van der Waals surface area contributed by atoms with Crippen LogP contribution in [-0.4, -0.2) is 30.3 Å². The first-order valence-electron chi connectivity index (χ1n) is 10.0. The standard InChI is InChI=1S/C24H19BrN6O/c1-16-2-6-18(7-3-16)22-10-11-26-23-21(13-28-31(22)23)24(32)29-20-12-27-30(15-20)14-17-4-8-19(25)9-5-17/h2-13,15H,14H2,1H3,(H,29,32). The van der Waals surface area contributed by atoms with Crippen molar-refractivity contribution in [3.63, 3.8) is 0 Å². The van der Waals surface area contributed by atoms with Gasteiger partial charge in [0.25, 0.3) is 5.91 Å². The summed E-state index contributed by atoms with van der Waals surface area (Å²) in [5.74, 6) is -0.281. The monoisotopic (exact) mass is 486 g/mol. The molecular weight excluding hydrogens is 468 g/mol. The Morgan fingerprint density at radius 1 is 1.00 bits per heavy atom. The van der Waals surface area contributed by atoms with Crippen molar-refractivity contribution in [2.45, 2.75) is 13.5 Å². The molecule has 3 heterocycles. The molecule has 2 aromatic carbocycles. The first-order valence-corrected chi connectivity index (χ1v) is 10.8. The van der Waals surface area contributed by atoms with Crippen molar-refractivity contribution in [2.24, 2.45) is 0 Å². The van der Waals surface area contributed by atoms with E-state index in [-0.39, 0.29) is 5.91 Å². The zero-order chi connectivity index (χ0) is 22.1. The molecule has 7 nitrogen and oxygen atoms in total. The Kier molecular flexibility index (Phi) is 5.28. The number of fused-ring (bicyclic) bond motifs is 1. The lowest BCUT2D eigenvalue weighted by Gasteiger charge is -2.06. The number of carbonyl (C=O) groups excluding carboxylic acids is 1. The Bertz CT molecular complexity index is 1400. The van der Waals surface area contributed by atoms with E-state index in [2.05, 4.69) is 36.4 Å². The van der Waals surface area contributed by atoms with E-state index in [1.165, 1.54) is 5.56 Å². The number of benzene rings is 2. The van der Waals surface area contributed by atoms with Gasteiger partial charge in [0.15, 0.2) is 5.65 Å². The molecule has 0 aliphatic carbocycles. The summed E-state index contributed by atoms with van der Waals surface area (Å²) in [4.78, 5) is 17.3. The van der Waals surface area contributed by atoms with Crippen molar-refractivity contribution in [3.8, 4) is 11.3 Å². The SMILES string of the molecule is Cc1ccc(-c2ccnc3c(C(=O)Nc4cnn(Cc5ccc(Br)cc5)c4)cnn23)cc1. The van der Waals surface area contributed by atoms with Crippen LogP contribution in [0.5, 0.6) is 0 Å². The maximum Gasteiger partial charge on any atom is 0.261 e. The Morgan fingerprint density at radius 3 is 2.56 bits per heavy atom. The van der Waals surface area contributed by atoms with Crippen LogP contribution >= 0.6 is 15.9 Å². The predicted molar refractivity (Wildman–Crippen MR) is 127 cm³/mol. The summed E-state index contributed by atoms with van der Waals surface area (Å²) in [6, 6.07) is 18.1. The fourth-order valence-corrected chi connectivity index (χ4v) is 3.75. The highest BCUT2D eigenvalue weighted by molar-refractivity contribution is 9.10. The van der Waals surface area contributed by atoms with E-state index in [9.17, 15) is 4.79 Å². The van der Waals surface area contributed by atoms with Crippen molar-refractivity contribution < 1.29 is 4.79 Å². The number of rotatable bonds is 5. The zero-order valence-electron chi connectivity index (χ0n) is 17.2. The van der Waals surface area contributed by atoms with Gasteiger partial charge in [-0.15, -0.1) is 0 Å². The summed E-state index contributed by atoms with van der Waals surface area (Å²) in [5.41, 5.74) is 5.69. The third kappa shape index (κ3) is 4.04. The predicted octanol–water partition coefficient (Wildman–Crippen LogP) is 4.96. The summed E-state index contributed by atoms with van der Waals surface area (Å²) in [6.07, 6.45) is 6.67. The lowest BCUT2D eigenvalue weighted by atomic mass is 10.1. The van der Waals surface area contributed by atoms with E-state index in [4.69, 9.17) is 0 Å². The highest BCUT2D eigenvalue weighted by Crippen LogP contribution is 2.22. The molecular formula is C24H19BrN6O. The molecule has 0 aliphatic rings. The molecule has 3 aromatic heterocycles. The van der Waals surface area contributed by atoms with Crippen LogP contribution < -0.4 is 5.32 Å². The van der Waals surface area contributed by atoms with Gasteiger partial charge in [-0.2, -0.15) is 10.2 Å². The van der Waals surface area contributed by atoms with Gasteiger partial charge in [-0.3, -0.25) is 9.48 Å². The second-order valence-electron chi connectivity index (χ2n) is 7.50. The molecule has 0 bridgehead atoms. The van der Waals surface area contributed by atoms with Gasteiger partial charge in [0.1, 0.15) is 5.56 Å². The van der Waals surface area contributed by atoms with Crippen LogP contribution in [0, 0.1) is 6.92 Å². The average molecular weight is 487 g/mol. The van der Waals surface area contributed by atoms with Crippen molar-refractivity contribution in [2.75, 3.05) is 5.32 Å². The molecule has 32 heavy (non-hydrogen) atoms. The van der Waals surface area contributed by atoms with Gasteiger partial charge in [0, 0.05) is 22.4 Å². The number of nitrogens with zero attached hydrogens (tertiary/aromatic N) is 5. The fourth-order valence-electron chi connectivity index (χ4n) is 3.48. The van der Waals surface area contributed by atoms with Crippen LogP contribution in [0.1, 0.15) is 21.5 Å². The second kappa shape index (κ2) is 8.39. The van der Waals surface area contributed by atoms with Gasteiger partial charge in [0.05, 0.1) is 30.3 Å². The minimum atomic E-state index is -0.281. The lowest BCUT2D eigenvalue weighted by molar-refractivity contribution is 0.102. The van der Waals surface area contributed by atoms with Crippen molar-refractivity contribution >= 4 is 33.2 Å². The van der Waals surface area contributed by atoms with Crippen LogP contribution in [-0.2, 0) is 6.54 Å². The third-order valence-electron chi connectivity index (χ3n) is 5.14. The Hall–Kier alpha value is -3.78. The van der Waals surface area contributed by atoms with Gasteiger partial charge in [-0.25, -0.2) is 9.50 Å². The summed E-state index contributed by atoms with van der Waals surface area (Å²) in [5, 5.41) is 11.7. The Balaban J connectivity index is 1.36. The molecule has 0 saturated carbocycles. The summed E-state index contributed by atoms with van der Waals surface area (Å²) in [7, 11) is 0. The molecule has 0 fully saturated rings. The van der Waals surface area contributed by atoms with Crippen LogP contribution in [0.25, 0.3) is 16.9 Å². The van der Waals surface area contributed by atoms with Crippen molar-refractivity contribution in [1.29, 1.82) is 0 Å². The Labute approximate surface area is 192 Å². The molecule has 1 amide bonds. The highest BCUT2D eigenvalue weighted by Gasteiger charge is 2.17. The van der Waals surface area contributed by atoms with E-state index in [1.807, 2.05) is 61.5 Å². The van der Waals surface area contributed by atoms with E-state index < -0.39 is 0 Å². The molecule has 5 aromatic rings. The van der Waals surface area contributed by atoms with Gasteiger partial charge >= 0.3 is 0 Å². The number of aryl methyl sites for hydroxylation is 1. The number of carbonyl (C=O) groups is 1. The van der Waals surface area contributed by atoms with Gasteiger partial charge in [0.2, 0.25) is 0 Å². The highest BCUT2D eigenvalue weighted by atomic mass is 79.9. The maximum atomic E-state index is 12.9. The van der Waals surface area contributed by atoms with Gasteiger partial charge in [-0.05, 0) is 30.7 Å². The molecule has 0 atom stereocenters. The summed E-state index contributed by atoms with van der Waals surface area (Å²) < 4.78 is 4.50. The fraction of sp³-hybridized carbons (Fsp3) is 0.0833. The molecule has 0 radical (unpaired) electrons. The smallest absolute Gasteiger partial charge is 0.261 e. The normalized spacial score (nSPS) is 11.1. The van der Waals surface area contributed by atoms with Crippen molar-refractivity contribution in [1.82, 2.24) is 24.4 Å². The molecule has 0 spiro atoms. The van der Waals surface area contributed by atoms with Crippen LogP contribution in [0.3, 0.4) is 0 Å². The molecule has 1 N–H and O–H groups in total. The summed E-state index contributed by atoms with van der Waals surface area (Å²) >= 11 is 3.44. The first-order chi connectivity index (χ1) is 15.6. The maximum absolute atomic E-state index is 12.9. The quantitative estimate of drug-likeness (QED) is 0.380. The molecule has 8 heteroatoms. The number of hydrogen-bond acceptors (Lipinski definition) is 4.